The standard InChI is InChI=1S/C25H32F3N3O2S/c1-7-30-16-21(19-14-29-31(15-19)17-33-10-11-34(4,5)6)20-12-18(8-9-24(2,3)32)13-22(23(20)30)25(26,27)28/h12-16,32H,7,10-11,17H2,1-6H3. The molecule has 0 aliphatic carbocycles. The summed E-state index contributed by atoms with van der Waals surface area (Å²) in [6, 6.07) is 2.69. The Bertz CT molecular complexity index is 1220. The predicted molar refractivity (Wildman–Crippen MR) is 133 cm³/mol. The van der Waals surface area contributed by atoms with E-state index < -0.39 is 27.4 Å². The summed E-state index contributed by atoms with van der Waals surface area (Å²) in [4.78, 5) is 0. The zero-order valence-corrected chi connectivity index (χ0v) is 21.3. The first kappa shape index (κ1) is 26.2. The summed E-state index contributed by atoms with van der Waals surface area (Å²) in [7, 11) is -0.651. The third-order valence-corrected chi connectivity index (χ3v) is 6.53. The molecule has 0 atom stereocenters. The number of aliphatic hydroxyl groups is 1. The van der Waals surface area contributed by atoms with Crippen LogP contribution in [0.25, 0.3) is 22.0 Å². The van der Waals surface area contributed by atoms with E-state index in [0.29, 0.717) is 29.7 Å². The molecule has 1 aromatic carbocycles. The molecule has 0 bridgehead atoms. The van der Waals surface area contributed by atoms with Gasteiger partial charge in [-0.25, -0.2) is 14.7 Å². The van der Waals surface area contributed by atoms with Gasteiger partial charge >= 0.3 is 6.18 Å². The molecule has 0 spiro atoms. The molecule has 9 heteroatoms. The molecular formula is C25H32F3N3O2S. The summed E-state index contributed by atoms with van der Waals surface area (Å²) >= 11 is 0. The fourth-order valence-electron chi connectivity index (χ4n) is 3.47. The van der Waals surface area contributed by atoms with Crippen LogP contribution >= 0.6 is 10.0 Å². The Labute approximate surface area is 200 Å². The van der Waals surface area contributed by atoms with E-state index in [1.807, 2.05) is 0 Å². The molecular weight excluding hydrogens is 463 g/mol. The van der Waals surface area contributed by atoms with Crippen LogP contribution in [0.4, 0.5) is 13.2 Å². The van der Waals surface area contributed by atoms with Gasteiger partial charge in [-0.1, -0.05) is 11.8 Å². The van der Waals surface area contributed by atoms with E-state index >= 15 is 0 Å². The maximum absolute atomic E-state index is 14.0. The van der Waals surface area contributed by atoms with Crippen molar-refractivity contribution >= 4 is 20.9 Å². The van der Waals surface area contributed by atoms with Crippen LogP contribution in [0.1, 0.15) is 31.9 Å². The van der Waals surface area contributed by atoms with Crippen molar-refractivity contribution in [1.82, 2.24) is 14.3 Å². The first-order valence-electron chi connectivity index (χ1n) is 10.9. The van der Waals surface area contributed by atoms with E-state index in [0.717, 1.165) is 11.8 Å². The lowest BCUT2D eigenvalue weighted by molar-refractivity contribution is -0.136. The fraction of sp³-hybridized carbons (Fsp3) is 0.480. The third kappa shape index (κ3) is 6.59. The average molecular weight is 496 g/mol. The summed E-state index contributed by atoms with van der Waals surface area (Å²) in [6.45, 7) is 6.06. The van der Waals surface area contributed by atoms with Gasteiger partial charge in [-0.3, -0.25) is 0 Å². The molecule has 1 N–H and O–H groups in total. The van der Waals surface area contributed by atoms with E-state index in [4.69, 9.17) is 4.74 Å². The number of aromatic nitrogens is 3. The molecule has 0 aliphatic heterocycles. The Kier molecular flexibility index (Phi) is 7.46. The van der Waals surface area contributed by atoms with Crippen LogP contribution in [0.5, 0.6) is 0 Å². The van der Waals surface area contributed by atoms with Gasteiger partial charge in [0.25, 0.3) is 0 Å². The van der Waals surface area contributed by atoms with Crippen molar-refractivity contribution in [1.29, 1.82) is 0 Å². The number of benzene rings is 1. The summed E-state index contributed by atoms with van der Waals surface area (Å²) in [5, 5.41) is 14.7. The second-order valence-corrected chi connectivity index (χ2v) is 14.2. The number of alkyl halides is 3. The number of aryl methyl sites for hydroxylation is 1. The highest BCUT2D eigenvalue weighted by molar-refractivity contribution is 8.32. The second-order valence-electron chi connectivity index (χ2n) is 9.66. The monoisotopic (exact) mass is 495 g/mol. The van der Waals surface area contributed by atoms with Crippen LogP contribution in [0.2, 0.25) is 0 Å². The van der Waals surface area contributed by atoms with Gasteiger partial charge in [-0.15, -0.1) is 0 Å². The van der Waals surface area contributed by atoms with Crippen molar-refractivity contribution in [2.75, 3.05) is 31.1 Å². The summed E-state index contributed by atoms with van der Waals surface area (Å²) < 4.78 is 51.0. The van der Waals surface area contributed by atoms with E-state index in [2.05, 4.69) is 35.7 Å². The molecule has 0 radical (unpaired) electrons. The quantitative estimate of drug-likeness (QED) is 0.356. The molecule has 34 heavy (non-hydrogen) atoms. The van der Waals surface area contributed by atoms with Gasteiger partial charge in [0, 0.05) is 46.8 Å². The van der Waals surface area contributed by atoms with Crippen molar-refractivity contribution in [2.45, 2.75) is 45.8 Å². The van der Waals surface area contributed by atoms with Crippen molar-refractivity contribution in [2.24, 2.45) is 0 Å². The van der Waals surface area contributed by atoms with Crippen LogP contribution in [0.3, 0.4) is 0 Å². The Morgan fingerprint density at radius 3 is 2.44 bits per heavy atom. The Hall–Kier alpha value is -2.41. The number of hydrogen-bond acceptors (Lipinski definition) is 3. The molecule has 2 aromatic heterocycles. The van der Waals surface area contributed by atoms with Gasteiger partial charge in [0.1, 0.15) is 12.3 Å². The van der Waals surface area contributed by atoms with Gasteiger partial charge < -0.3 is 14.4 Å². The maximum atomic E-state index is 14.0. The second kappa shape index (κ2) is 9.68. The number of halogens is 3. The minimum atomic E-state index is -4.56. The Morgan fingerprint density at radius 2 is 1.85 bits per heavy atom. The van der Waals surface area contributed by atoms with Crippen LogP contribution in [-0.4, -0.2) is 56.2 Å². The summed E-state index contributed by atoms with van der Waals surface area (Å²) in [5.74, 6) is 6.29. The smallest absolute Gasteiger partial charge is 0.378 e. The molecule has 0 aliphatic rings. The molecule has 0 saturated heterocycles. The first-order valence-corrected chi connectivity index (χ1v) is 14.0. The van der Waals surface area contributed by atoms with Gasteiger partial charge in [0.05, 0.1) is 23.9 Å². The van der Waals surface area contributed by atoms with E-state index in [1.165, 1.54) is 13.8 Å². The minimum absolute atomic E-state index is 0.107. The van der Waals surface area contributed by atoms with E-state index in [1.54, 1.807) is 40.8 Å². The predicted octanol–water partition coefficient (Wildman–Crippen LogP) is 5.33. The van der Waals surface area contributed by atoms with Crippen LogP contribution in [0.15, 0.2) is 30.7 Å². The maximum Gasteiger partial charge on any atom is 0.418 e. The summed E-state index contributed by atoms with van der Waals surface area (Å²) in [6.07, 6.45) is 7.25. The molecule has 3 aromatic rings. The van der Waals surface area contributed by atoms with Crippen molar-refractivity contribution in [3.63, 3.8) is 0 Å². The fourth-order valence-corrected chi connectivity index (χ4v) is 4.09. The molecule has 3 rings (SSSR count). The zero-order valence-electron chi connectivity index (χ0n) is 20.5. The van der Waals surface area contributed by atoms with Gasteiger partial charge in [-0.2, -0.15) is 18.3 Å². The van der Waals surface area contributed by atoms with Crippen molar-refractivity contribution in [3.8, 4) is 23.0 Å². The lowest BCUT2D eigenvalue weighted by atomic mass is 10.0. The van der Waals surface area contributed by atoms with Crippen LogP contribution in [-0.2, 0) is 24.2 Å². The highest BCUT2D eigenvalue weighted by atomic mass is 32.3. The Morgan fingerprint density at radius 1 is 1.15 bits per heavy atom. The highest BCUT2D eigenvalue weighted by Gasteiger charge is 2.35. The molecule has 0 unspecified atom stereocenters. The van der Waals surface area contributed by atoms with Crippen LogP contribution < -0.4 is 0 Å². The number of hydrogen-bond donors (Lipinski definition) is 1. The average Bonchev–Trinajstić information content (AvgIpc) is 3.31. The molecule has 0 saturated carbocycles. The Balaban J connectivity index is 2.05. The molecule has 5 nitrogen and oxygen atoms in total. The number of fused-ring (bicyclic) bond motifs is 1. The minimum Gasteiger partial charge on any atom is -0.378 e. The van der Waals surface area contributed by atoms with Gasteiger partial charge in [-0.05, 0) is 51.7 Å². The highest BCUT2D eigenvalue weighted by Crippen LogP contribution is 2.40. The molecule has 2 heterocycles. The molecule has 0 fully saturated rings. The van der Waals surface area contributed by atoms with Crippen LogP contribution in [0, 0.1) is 11.8 Å². The lowest BCUT2D eigenvalue weighted by Crippen LogP contribution is -2.14. The summed E-state index contributed by atoms with van der Waals surface area (Å²) in [5.41, 5.74) is -0.434. The SMILES string of the molecule is CCn1cc(-c2cnn(COCCS(C)(C)C)c2)c2cc(C#CC(C)(C)O)cc(C(F)(F)F)c21. The van der Waals surface area contributed by atoms with Crippen molar-refractivity contribution in [3.05, 3.63) is 41.9 Å². The third-order valence-electron chi connectivity index (χ3n) is 5.14. The normalized spacial score (nSPS) is 13.2. The topological polar surface area (TPSA) is 52.2 Å². The number of rotatable bonds is 7. The molecule has 0 amide bonds. The number of nitrogens with zero attached hydrogens (tertiary/aromatic N) is 3. The van der Waals surface area contributed by atoms with Crippen molar-refractivity contribution < 1.29 is 23.0 Å². The van der Waals surface area contributed by atoms with E-state index in [-0.39, 0.29) is 17.8 Å². The molecule has 186 valence electrons. The lowest BCUT2D eigenvalue weighted by Gasteiger charge is -2.24. The van der Waals surface area contributed by atoms with Gasteiger partial charge in [0.2, 0.25) is 0 Å². The van der Waals surface area contributed by atoms with E-state index in [9.17, 15) is 18.3 Å². The zero-order chi connectivity index (χ0) is 25.3. The number of ether oxygens (including phenoxy) is 1. The largest absolute Gasteiger partial charge is 0.418 e. The van der Waals surface area contributed by atoms with Gasteiger partial charge in [0.15, 0.2) is 0 Å². The first-order chi connectivity index (χ1) is 15.7.